The van der Waals surface area contributed by atoms with E-state index in [0.717, 1.165) is 11.2 Å². The fourth-order valence-corrected chi connectivity index (χ4v) is 3.95. The molecule has 0 spiro atoms. The number of aromatic nitrogens is 3. The van der Waals surface area contributed by atoms with Crippen LogP contribution >= 0.6 is 11.8 Å². The molecule has 1 saturated heterocycles. The van der Waals surface area contributed by atoms with Crippen molar-refractivity contribution < 1.29 is 9.53 Å². The fourth-order valence-electron chi connectivity index (χ4n) is 2.84. The molecule has 25 heavy (non-hydrogen) atoms. The first-order valence-corrected chi connectivity index (χ1v) is 9.09. The number of benzene rings is 1. The summed E-state index contributed by atoms with van der Waals surface area (Å²) in [6.07, 6.45) is 1.92. The molecule has 0 saturated carbocycles. The molecule has 4 rings (SSSR count). The summed E-state index contributed by atoms with van der Waals surface area (Å²) in [5, 5.41) is 8.81. The summed E-state index contributed by atoms with van der Waals surface area (Å²) >= 11 is 1.44. The van der Waals surface area contributed by atoms with Gasteiger partial charge in [-0.2, -0.15) is 0 Å². The van der Waals surface area contributed by atoms with E-state index in [1.54, 1.807) is 0 Å². The van der Waals surface area contributed by atoms with Gasteiger partial charge in [-0.1, -0.05) is 48.2 Å². The Kier molecular flexibility index (Phi) is 4.67. The SMILES string of the molecule is O=C([C@H](Sc1nnc2ccccn12)c1ccccc1)N1CCOCC1. The third kappa shape index (κ3) is 3.38. The molecule has 1 fully saturated rings. The van der Waals surface area contributed by atoms with Crippen LogP contribution in [0.15, 0.2) is 59.9 Å². The number of carbonyl (C=O) groups is 1. The van der Waals surface area contributed by atoms with Crippen LogP contribution in [-0.4, -0.2) is 51.7 Å². The van der Waals surface area contributed by atoms with Gasteiger partial charge in [0.05, 0.1) is 13.2 Å². The van der Waals surface area contributed by atoms with E-state index in [1.807, 2.05) is 64.0 Å². The first-order chi connectivity index (χ1) is 12.3. The maximum absolute atomic E-state index is 13.2. The highest BCUT2D eigenvalue weighted by molar-refractivity contribution is 8.00. The number of rotatable bonds is 4. The third-order valence-corrected chi connectivity index (χ3v) is 5.35. The van der Waals surface area contributed by atoms with E-state index in [0.29, 0.717) is 31.5 Å². The Labute approximate surface area is 149 Å². The van der Waals surface area contributed by atoms with Gasteiger partial charge in [0.2, 0.25) is 5.91 Å². The number of ether oxygens (including phenoxy) is 1. The van der Waals surface area contributed by atoms with Crippen molar-refractivity contribution in [3.8, 4) is 0 Å². The highest BCUT2D eigenvalue weighted by atomic mass is 32.2. The van der Waals surface area contributed by atoms with Crippen LogP contribution in [0.5, 0.6) is 0 Å². The van der Waals surface area contributed by atoms with E-state index in [1.165, 1.54) is 11.8 Å². The number of nitrogens with zero attached hydrogens (tertiary/aromatic N) is 4. The van der Waals surface area contributed by atoms with Crippen LogP contribution in [0, 0.1) is 0 Å². The molecule has 1 aliphatic rings. The van der Waals surface area contributed by atoms with Gasteiger partial charge in [0.25, 0.3) is 0 Å². The second kappa shape index (κ2) is 7.25. The minimum atomic E-state index is -0.355. The van der Waals surface area contributed by atoms with Crippen molar-refractivity contribution >= 4 is 23.3 Å². The minimum Gasteiger partial charge on any atom is -0.378 e. The second-order valence-electron chi connectivity index (χ2n) is 5.76. The number of pyridine rings is 1. The number of thioether (sulfide) groups is 1. The van der Waals surface area contributed by atoms with E-state index in [-0.39, 0.29) is 11.2 Å². The van der Waals surface area contributed by atoms with Gasteiger partial charge in [-0.25, -0.2) is 0 Å². The van der Waals surface area contributed by atoms with Crippen molar-refractivity contribution in [2.24, 2.45) is 0 Å². The molecule has 1 atom stereocenters. The largest absolute Gasteiger partial charge is 0.378 e. The predicted molar refractivity (Wildman–Crippen MR) is 95.4 cm³/mol. The molecule has 7 heteroatoms. The minimum absolute atomic E-state index is 0.0900. The van der Waals surface area contributed by atoms with E-state index in [4.69, 9.17) is 4.74 Å². The zero-order valence-electron chi connectivity index (χ0n) is 13.6. The average Bonchev–Trinajstić information content (AvgIpc) is 3.10. The summed E-state index contributed by atoms with van der Waals surface area (Å²) in [7, 11) is 0. The first kappa shape index (κ1) is 16.1. The number of amides is 1. The zero-order valence-corrected chi connectivity index (χ0v) is 14.4. The molecule has 3 heterocycles. The highest BCUT2D eigenvalue weighted by Crippen LogP contribution is 2.36. The average molecular weight is 354 g/mol. The molecule has 0 bridgehead atoms. The third-order valence-electron chi connectivity index (χ3n) is 4.16. The van der Waals surface area contributed by atoms with E-state index >= 15 is 0 Å². The lowest BCUT2D eigenvalue weighted by Crippen LogP contribution is -2.42. The topological polar surface area (TPSA) is 59.7 Å². The van der Waals surface area contributed by atoms with E-state index < -0.39 is 0 Å². The molecule has 3 aromatic rings. The van der Waals surface area contributed by atoms with Gasteiger partial charge < -0.3 is 9.64 Å². The summed E-state index contributed by atoms with van der Waals surface area (Å²) in [6, 6.07) is 15.6. The molecule has 0 N–H and O–H groups in total. The summed E-state index contributed by atoms with van der Waals surface area (Å²) in [5.74, 6) is 0.0900. The lowest BCUT2D eigenvalue weighted by molar-refractivity contribution is -0.134. The Bertz CT molecular complexity index is 862. The number of carbonyl (C=O) groups excluding carboxylic acids is 1. The van der Waals surface area contributed by atoms with Gasteiger partial charge in [-0.15, -0.1) is 10.2 Å². The van der Waals surface area contributed by atoms with Crippen LogP contribution in [0.1, 0.15) is 10.8 Å². The predicted octanol–water partition coefficient (Wildman–Crippen LogP) is 2.42. The molecule has 0 aliphatic carbocycles. The summed E-state index contributed by atoms with van der Waals surface area (Å²) in [6.45, 7) is 2.43. The quantitative estimate of drug-likeness (QED) is 0.674. The molecule has 1 aliphatic heterocycles. The maximum Gasteiger partial charge on any atom is 0.240 e. The normalized spacial score (nSPS) is 16.1. The lowest BCUT2D eigenvalue weighted by Gasteiger charge is -2.30. The molecular formula is C18H18N4O2S. The molecule has 128 valence electrons. The maximum atomic E-state index is 13.2. The fraction of sp³-hybridized carbons (Fsp3) is 0.278. The molecule has 6 nitrogen and oxygen atoms in total. The molecule has 1 amide bonds. The van der Waals surface area contributed by atoms with Gasteiger partial charge in [0, 0.05) is 19.3 Å². The summed E-state index contributed by atoms with van der Waals surface area (Å²) < 4.78 is 7.28. The van der Waals surface area contributed by atoms with Crippen LogP contribution in [0.4, 0.5) is 0 Å². The van der Waals surface area contributed by atoms with Crippen LogP contribution in [0.3, 0.4) is 0 Å². The standard InChI is InChI=1S/C18H18N4O2S/c23-17(21-10-12-24-13-11-21)16(14-6-2-1-3-7-14)25-18-20-19-15-8-4-5-9-22(15)18/h1-9,16H,10-13H2/t16-/m1/s1. The molecule has 0 unspecified atom stereocenters. The number of hydrogen-bond acceptors (Lipinski definition) is 5. The molecule has 0 radical (unpaired) electrons. The van der Waals surface area contributed by atoms with Crippen molar-refractivity contribution in [2.45, 2.75) is 10.4 Å². The summed E-state index contributed by atoms with van der Waals surface area (Å²) in [4.78, 5) is 15.0. The Morgan fingerprint density at radius 2 is 1.80 bits per heavy atom. The van der Waals surface area contributed by atoms with Crippen LogP contribution < -0.4 is 0 Å². The Hall–Kier alpha value is -2.38. The van der Waals surface area contributed by atoms with Crippen molar-refractivity contribution in [3.05, 3.63) is 60.3 Å². The lowest BCUT2D eigenvalue weighted by atomic mass is 10.1. The zero-order chi connectivity index (χ0) is 17.1. The van der Waals surface area contributed by atoms with Crippen LogP contribution in [0.25, 0.3) is 5.65 Å². The van der Waals surface area contributed by atoms with Crippen molar-refractivity contribution in [1.82, 2.24) is 19.5 Å². The molecular weight excluding hydrogens is 336 g/mol. The van der Waals surface area contributed by atoms with Gasteiger partial charge in [0.1, 0.15) is 5.25 Å². The Morgan fingerprint density at radius 3 is 2.60 bits per heavy atom. The second-order valence-corrected chi connectivity index (χ2v) is 6.83. The van der Waals surface area contributed by atoms with Crippen molar-refractivity contribution in [3.63, 3.8) is 0 Å². The van der Waals surface area contributed by atoms with Gasteiger partial charge in [-0.05, 0) is 17.7 Å². The first-order valence-electron chi connectivity index (χ1n) is 8.21. The van der Waals surface area contributed by atoms with Crippen LogP contribution in [0.2, 0.25) is 0 Å². The Morgan fingerprint density at radius 1 is 1.04 bits per heavy atom. The van der Waals surface area contributed by atoms with E-state index in [9.17, 15) is 4.79 Å². The van der Waals surface area contributed by atoms with Crippen LogP contribution in [-0.2, 0) is 9.53 Å². The Balaban J connectivity index is 1.66. The highest BCUT2D eigenvalue weighted by Gasteiger charge is 2.29. The summed E-state index contributed by atoms with van der Waals surface area (Å²) in [5.41, 5.74) is 1.74. The number of morpholine rings is 1. The van der Waals surface area contributed by atoms with Gasteiger partial charge >= 0.3 is 0 Å². The number of fused-ring (bicyclic) bond motifs is 1. The van der Waals surface area contributed by atoms with Gasteiger partial charge in [-0.3, -0.25) is 9.20 Å². The smallest absolute Gasteiger partial charge is 0.240 e. The van der Waals surface area contributed by atoms with Crippen molar-refractivity contribution in [2.75, 3.05) is 26.3 Å². The molecule has 1 aromatic carbocycles. The molecule has 2 aromatic heterocycles. The van der Waals surface area contributed by atoms with E-state index in [2.05, 4.69) is 10.2 Å². The van der Waals surface area contributed by atoms with Gasteiger partial charge in [0.15, 0.2) is 10.8 Å². The monoisotopic (exact) mass is 354 g/mol. The van der Waals surface area contributed by atoms with Crippen molar-refractivity contribution in [1.29, 1.82) is 0 Å². The number of hydrogen-bond donors (Lipinski definition) is 0.